The summed E-state index contributed by atoms with van der Waals surface area (Å²) in [6, 6.07) is -0.381. The van der Waals surface area contributed by atoms with Crippen molar-refractivity contribution >= 4 is 19.8 Å². The fourth-order valence-corrected chi connectivity index (χ4v) is 2.95. The molecule has 0 radical (unpaired) electrons. The lowest BCUT2D eigenvalue weighted by Gasteiger charge is -2.30. The van der Waals surface area contributed by atoms with E-state index in [9.17, 15) is 19.0 Å². The van der Waals surface area contributed by atoms with E-state index in [1.54, 1.807) is 33.0 Å². The Kier molecular flexibility index (Phi) is 7.01. The largest absolute Gasteiger partial charge is 0.475 e. The van der Waals surface area contributed by atoms with Crippen molar-refractivity contribution in [3.63, 3.8) is 0 Å². The van der Waals surface area contributed by atoms with Gasteiger partial charge in [0.2, 0.25) is 6.79 Å². The molecule has 4 N–H and O–H groups in total. The van der Waals surface area contributed by atoms with Crippen LogP contribution in [0, 0.1) is 5.41 Å². The topological polar surface area (TPSA) is 150 Å². The number of esters is 1. The van der Waals surface area contributed by atoms with Crippen molar-refractivity contribution in [1.29, 1.82) is 0 Å². The Bertz CT molecular complexity index is 635. The molecule has 154 valence electrons. The van der Waals surface area contributed by atoms with Crippen LogP contribution in [0.15, 0.2) is 12.3 Å². The minimum absolute atomic E-state index is 0.212. The van der Waals surface area contributed by atoms with E-state index in [2.05, 4.69) is 9.84 Å². The fourth-order valence-electron chi connectivity index (χ4n) is 2.34. The first-order valence-electron chi connectivity index (χ1n) is 8.45. The minimum Gasteiger partial charge on any atom is -0.437 e. The summed E-state index contributed by atoms with van der Waals surface area (Å²) >= 11 is 0. The molecule has 0 saturated carbocycles. The second kappa shape index (κ2) is 8.68. The highest BCUT2D eigenvalue weighted by Crippen LogP contribution is 2.44. The van der Waals surface area contributed by atoms with Gasteiger partial charge in [-0.2, -0.15) is 0 Å². The van der Waals surface area contributed by atoms with E-state index in [-0.39, 0.29) is 12.6 Å². The smallest absolute Gasteiger partial charge is 0.437 e. The molecule has 0 aliphatic carbocycles. The third-order valence-electron chi connectivity index (χ3n) is 3.82. The maximum Gasteiger partial charge on any atom is 0.475 e. The zero-order chi connectivity index (χ0) is 20.2. The van der Waals surface area contributed by atoms with E-state index in [0.717, 1.165) is 0 Å². The van der Waals surface area contributed by atoms with E-state index >= 15 is 0 Å². The van der Waals surface area contributed by atoms with Crippen LogP contribution in [0.2, 0.25) is 0 Å². The van der Waals surface area contributed by atoms with Gasteiger partial charge in [0.15, 0.2) is 0 Å². The van der Waals surface area contributed by atoms with Crippen LogP contribution in [0.5, 0.6) is 0 Å². The number of nitrogens with two attached hydrogens (primary N) is 1. The molecular formula is C15H26N3O8P. The molecule has 2 aliphatic rings. The van der Waals surface area contributed by atoms with Crippen LogP contribution in [0.4, 0.5) is 4.79 Å². The first-order chi connectivity index (χ1) is 12.5. The maximum absolute atomic E-state index is 11.9. The SMILES string of the molecule is CC(C)(C)C(=O)OCOP(=O)(O)OCC1CCC(N2C=CC(N)NC2=O)O1. The number of rotatable bonds is 7. The zero-order valence-electron chi connectivity index (χ0n) is 15.5. The number of hydrogen-bond acceptors (Lipinski definition) is 8. The molecule has 4 unspecified atom stereocenters. The first-order valence-corrected chi connectivity index (χ1v) is 9.95. The van der Waals surface area contributed by atoms with Gasteiger partial charge in [0.25, 0.3) is 0 Å². The van der Waals surface area contributed by atoms with Crippen LogP contribution in [0.25, 0.3) is 0 Å². The van der Waals surface area contributed by atoms with Gasteiger partial charge in [-0.3, -0.25) is 14.2 Å². The summed E-state index contributed by atoms with van der Waals surface area (Å²) in [6.45, 7) is 4.02. The van der Waals surface area contributed by atoms with Crippen LogP contribution in [0.3, 0.4) is 0 Å². The van der Waals surface area contributed by atoms with Gasteiger partial charge in [-0.25, -0.2) is 13.9 Å². The number of carbonyl (C=O) groups excluding carboxylic acids is 2. The Morgan fingerprint density at radius 2 is 2.15 bits per heavy atom. The molecule has 0 aromatic heterocycles. The number of nitrogens with one attached hydrogen (secondary N) is 1. The summed E-state index contributed by atoms with van der Waals surface area (Å²) in [5, 5.41) is 2.54. The summed E-state index contributed by atoms with van der Waals surface area (Å²) < 4.78 is 31.8. The number of amides is 2. The molecule has 2 heterocycles. The monoisotopic (exact) mass is 407 g/mol. The van der Waals surface area contributed by atoms with Crippen molar-refractivity contribution in [3.05, 3.63) is 12.3 Å². The van der Waals surface area contributed by atoms with Gasteiger partial charge in [-0.1, -0.05) is 0 Å². The number of phosphoric ester groups is 1. The number of carbonyl (C=O) groups is 2. The summed E-state index contributed by atoms with van der Waals surface area (Å²) in [7, 11) is -4.41. The number of hydrogen-bond donors (Lipinski definition) is 3. The second-order valence-electron chi connectivity index (χ2n) is 7.21. The Hall–Kier alpha value is -1.49. The van der Waals surface area contributed by atoms with Gasteiger partial charge in [0.05, 0.1) is 24.3 Å². The third kappa shape index (κ3) is 6.56. The van der Waals surface area contributed by atoms with Crippen molar-refractivity contribution in [1.82, 2.24) is 10.2 Å². The average Bonchev–Trinajstić information content (AvgIpc) is 3.00. The van der Waals surface area contributed by atoms with E-state index in [1.807, 2.05) is 0 Å². The summed E-state index contributed by atoms with van der Waals surface area (Å²) in [6.07, 6.45) is 2.65. The molecule has 1 fully saturated rings. The van der Waals surface area contributed by atoms with Crippen molar-refractivity contribution in [2.75, 3.05) is 13.4 Å². The van der Waals surface area contributed by atoms with Gasteiger partial charge in [-0.15, -0.1) is 0 Å². The van der Waals surface area contributed by atoms with Crippen LogP contribution >= 0.6 is 7.82 Å². The van der Waals surface area contributed by atoms with Crippen molar-refractivity contribution < 1.29 is 37.6 Å². The predicted molar refractivity (Wildman–Crippen MR) is 92.7 cm³/mol. The summed E-state index contributed by atoms with van der Waals surface area (Å²) in [4.78, 5) is 34.5. The molecule has 0 spiro atoms. The first kappa shape index (κ1) is 21.8. The van der Waals surface area contributed by atoms with Gasteiger partial charge >= 0.3 is 19.8 Å². The van der Waals surface area contributed by atoms with Gasteiger partial charge < -0.3 is 25.4 Å². The predicted octanol–water partition coefficient (Wildman–Crippen LogP) is 0.996. The lowest BCUT2D eigenvalue weighted by atomic mass is 9.98. The molecule has 2 rings (SSSR count). The normalized spacial score (nSPS) is 28.0. The molecule has 27 heavy (non-hydrogen) atoms. The minimum atomic E-state index is -4.41. The molecule has 2 amide bonds. The van der Waals surface area contributed by atoms with E-state index in [1.165, 1.54) is 4.90 Å². The molecule has 0 aromatic rings. The van der Waals surface area contributed by atoms with E-state index in [0.29, 0.717) is 12.8 Å². The zero-order valence-corrected chi connectivity index (χ0v) is 16.4. The Morgan fingerprint density at radius 3 is 2.78 bits per heavy atom. The van der Waals surface area contributed by atoms with Crippen LogP contribution in [-0.2, 0) is 27.9 Å². The third-order valence-corrected chi connectivity index (χ3v) is 4.72. The van der Waals surface area contributed by atoms with Gasteiger partial charge in [-0.05, 0) is 39.7 Å². The maximum atomic E-state index is 11.9. The Balaban J connectivity index is 1.73. The second-order valence-corrected chi connectivity index (χ2v) is 8.66. The van der Waals surface area contributed by atoms with E-state index in [4.69, 9.17) is 19.7 Å². The van der Waals surface area contributed by atoms with E-state index < -0.39 is 44.5 Å². The number of ether oxygens (including phenoxy) is 2. The molecule has 12 heteroatoms. The standard InChI is InChI=1S/C15H26N3O8P/c1-15(2,3)13(19)23-9-25-27(21,22)24-8-10-4-5-12(26-10)18-7-6-11(16)17-14(18)20/h6-7,10-12H,4-5,8-9,16H2,1-3H3,(H,17,20)(H,21,22). The van der Waals surface area contributed by atoms with Crippen LogP contribution in [-0.4, -0.2) is 53.7 Å². The highest BCUT2D eigenvalue weighted by Gasteiger charge is 2.35. The van der Waals surface area contributed by atoms with Crippen molar-refractivity contribution in [2.45, 2.75) is 52.1 Å². The number of phosphoric acid groups is 1. The summed E-state index contributed by atoms with van der Waals surface area (Å²) in [5.41, 5.74) is 4.83. The van der Waals surface area contributed by atoms with Gasteiger partial charge in [0.1, 0.15) is 6.23 Å². The Labute approximate surface area is 157 Å². The van der Waals surface area contributed by atoms with Crippen molar-refractivity contribution in [3.8, 4) is 0 Å². The van der Waals surface area contributed by atoms with Gasteiger partial charge in [0, 0.05) is 6.20 Å². The average molecular weight is 407 g/mol. The lowest BCUT2D eigenvalue weighted by molar-refractivity contribution is -0.160. The molecule has 4 atom stereocenters. The molecule has 0 bridgehead atoms. The van der Waals surface area contributed by atoms with Crippen LogP contribution in [0.1, 0.15) is 33.6 Å². The molecule has 1 saturated heterocycles. The highest BCUT2D eigenvalue weighted by molar-refractivity contribution is 7.47. The molecule has 11 nitrogen and oxygen atoms in total. The summed E-state index contributed by atoms with van der Waals surface area (Å²) in [5.74, 6) is -0.572. The quantitative estimate of drug-likeness (QED) is 0.319. The fraction of sp³-hybridized carbons (Fsp3) is 0.733. The molecular weight excluding hydrogens is 381 g/mol. The lowest BCUT2D eigenvalue weighted by Crippen LogP contribution is -2.52. The number of urea groups is 1. The van der Waals surface area contributed by atoms with Crippen molar-refractivity contribution in [2.24, 2.45) is 11.1 Å². The Morgan fingerprint density at radius 1 is 1.44 bits per heavy atom. The number of nitrogens with zero attached hydrogens (tertiary/aromatic N) is 1. The molecule has 0 aromatic carbocycles. The van der Waals surface area contributed by atoms with Crippen LogP contribution < -0.4 is 11.1 Å². The molecule has 2 aliphatic heterocycles. The highest BCUT2D eigenvalue weighted by atomic mass is 31.2.